The fourth-order valence-corrected chi connectivity index (χ4v) is 4.66. The smallest absolute Gasteiger partial charge is 0.319 e. The first-order valence-electron chi connectivity index (χ1n) is 9.54. The highest BCUT2D eigenvalue weighted by Crippen LogP contribution is 2.46. The molecular weight excluding hydrogens is 394 g/mol. The van der Waals surface area contributed by atoms with Crippen molar-refractivity contribution in [3.63, 3.8) is 0 Å². The SMILES string of the molecule is CC1=NC(C)C(CNc2nc(OC[C@@H]3C[C@H]3c3ccccn3)nc(Cl)c2C)S1. The lowest BCUT2D eigenvalue weighted by atomic mass is 10.2. The molecule has 3 heterocycles. The molecule has 4 atom stereocenters. The molecule has 2 aliphatic rings. The Bertz CT molecular complexity index is 878. The largest absolute Gasteiger partial charge is 0.463 e. The van der Waals surface area contributed by atoms with E-state index in [1.165, 1.54) is 0 Å². The van der Waals surface area contributed by atoms with E-state index in [4.69, 9.17) is 16.3 Å². The molecule has 2 aromatic heterocycles. The number of hydrogen-bond donors (Lipinski definition) is 1. The van der Waals surface area contributed by atoms with E-state index >= 15 is 0 Å². The number of ether oxygens (including phenoxy) is 1. The average Bonchev–Trinajstić information content (AvgIpc) is 3.39. The highest BCUT2D eigenvalue weighted by atomic mass is 35.5. The summed E-state index contributed by atoms with van der Waals surface area (Å²) in [6.45, 7) is 7.45. The van der Waals surface area contributed by atoms with Crippen molar-refractivity contribution in [3.05, 3.63) is 40.8 Å². The molecule has 0 spiro atoms. The van der Waals surface area contributed by atoms with E-state index < -0.39 is 0 Å². The van der Waals surface area contributed by atoms with Gasteiger partial charge in [0.15, 0.2) is 0 Å². The van der Waals surface area contributed by atoms with Gasteiger partial charge in [-0.15, -0.1) is 11.8 Å². The second-order valence-corrected chi connectivity index (χ2v) is 9.15. The zero-order valence-electron chi connectivity index (χ0n) is 16.2. The van der Waals surface area contributed by atoms with Crippen molar-refractivity contribution in [2.45, 2.75) is 44.4 Å². The minimum atomic E-state index is 0.296. The van der Waals surface area contributed by atoms with Gasteiger partial charge in [-0.3, -0.25) is 9.98 Å². The summed E-state index contributed by atoms with van der Waals surface area (Å²) in [7, 11) is 0. The Hall–Kier alpha value is -1.86. The van der Waals surface area contributed by atoms with Gasteiger partial charge in [0.05, 0.1) is 22.9 Å². The molecule has 6 nitrogen and oxygen atoms in total. The maximum absolute atomic E-state index is 6.31. The third-order valence-corrected chi connectivity index (χ3v) is 6.88. The van der Waals surface area contributed by atoms with Gasteiger partial charge in [-0.05, 0) is 39.3 Å². The number of hydrogen-bond acceptors (Lipinski definition) is 7. The molecule has 1 aliphatic heterocycles. The number of pyridine rings is 1. The molecule has 0 saturated heterocycles. The second-order valence-electron chi connectivity index (χ2n) is 7.36. The minimum Gasteiger partial charge on any atom is -0.463 e. The maximum atomic E-state index is 6.31. The predicted octanol–water partition coefficient (Wildman–Crippen LogP) is 4.35. The molecule has 0 radical (unpaired) electrons. The van der Waals surface area contributed by atoms with Crippen LogP contribution in [-0.2, 0) is 0 Å². The normalized spacial score (nSPS) is 26.1. The van der Waals surface area contributed by atoms with E-state index in [-0.39, 0.29) is 0 Å². The van der Waals surface area contributed by atoms with Gasteiger partial charge in [0, 0.05) is 35.8 Å². The van der Waals surface area contributed by atoms with Crippen LogP contribution >= 0.6 is 23.4 Å². The van der Waals surface area contributed by atoms with Crippen molar-refractivity contribution < 1.29 is 4.74 Å². The van der Waals surface area contributed by atoms with Crippen molar-refractivity contribution in [1.82, 2.24) is 15.0 Å². The number of thioether (sulfide) groups is 1. The molecule has 0 aromatic carbocycles. The summed E-state index contributed by atoms with van der Waals surface area (Å²) in [5, 5.41) is 5.35. The first kappa shape index (κ1) is 19.5. The van der Waals surface area contributed by atoms with E-state index in [1.807, 2.05) is 25.3 Å². The fraction of sp³-hybridized carbons (Fsp3) is 0.500. The van der Waals surface area contributed by atoms with Crippen molar-refractivity contribution in [3.8, 4) is 6.01 Å². The summed E-state index contributed by atoms with van der Waals surface area (Å²) in [5.74, 6) is 1.64. The highest BCUT2D eigenvalue weighted by molar-refractivity contribution is 8.14. The van der Waals surface area contributed by atoms with Crippen LogP contribution in [0.5, 0.6) is 6.01 Å². The van der Waals surface area contributed by atoms with Gasteiger partial charge in [0.2, 0.25) is 0 Å². The first-order valence-corrected chi connectivity index (χ1v) is 10.8. The Morgan fingerprint density at radius 2 is 2.14 bits per heavy atom. The molecule has 148 valence electrons. The fourth-order valence-electron chi connectivity index (χ4n) is 3.40. The second kappa shape index (κ2) is 8.25. The summed E-state index contributed by atoms with van der Waals surface area (Å²) in [6.07, 6.45) is 2.92. The summed E-state index contributed by atoms with van der Waals surface area (Å²) in [5.41, 5.74) is 1.96. The molecule has 1 fully saturated rings. The first-order chi connectivity index (χ1) is 13.5. The number of anilines is 1. The van der Waals surface area contributed by atoms with Crippen LogP contribution < -0.4 is 10.1 Å². The standard InChI is InChI=1S/C20H24ClN5OS/c1-11-18(21)25-20(26-19(11)23-9-17-12(2)24-13(3)28-17)27-10-14-8-15(14)16-6-4-5-7-22-16/h4-7,12,14-15,17H,8-10H2,1-3H3,(H,23,25,26)/t12?,14-,15+,17?/m0/s1. The molecule has 28 heavy (non-hydrogen) atoms. The van der Waals surface area contributed by atoms with Gasteiger partial charge in [-0.2, -0.15) is 9.97 Å². The van der Waals surface area contributed by atoms with Gasteiger partial charge < -0.3 is 10.1 Å². The van der Waals surface area contributed by atoms with E-state index in [2.05, 4.69) is 45.2 Å². The number of halogens is 1. The molecule has 2 unspecified atom stereocenters. The van der Waals surface area contributed by atoms with Crippen LogP contribution in [0.15, 0.2) is 29.4 Å². The number of nitrogens with zero attached hydrogens (tertiary/aromatic N) is 4. The van der Waals surface area contributed by atoms with E-state index in [0.29, 0.717) is 40.9 Å². The van der Waals surface area contributed by atoms with Crippen LogP contribution in [0.1, 0.15) is 37.4 Å². The third-order valence-electron chi connectivity index (χ3n) is 5.20. The van der Waals surface area contributed by atoms with Crippen LogP contribution in [0.2, 0.25) is 5.15 Å². The quantitative estimate of drug-likeness (QED) is 0.675. The molecule has 1 saturated carbocycles. The molecule has 0 amide bonds. The van der Waals surface area contributed by atoms with Crippen LogP contribution in [0, 0.1) is 12.8 Å². The number of rotatable bonds is 7. The lowest BCUT2D eigenvalue weighted by Crippen LogP contribution is -2.24. The van der Waals surface area contributed by atoms with Gasteiger partial charge >= 0.3 is 6.01 Å². The topological polar surface area (TPSA) is 72.3 Å². The molecular formula is C20H24ClN5OS. The Morgan fingerprint density at radius 1 is 1.29 bits per heavy atom. The maximum Gasteiger partial charge on any atom is 0.319 e. The predicted molar refractivity (Wildman–Crippen MR) is 115 cm³/mol. The van der Waals surface area contributed by atoms with Crippen molar-refractivity contribution >= 4 is 34.2 Å². The number of aromatic nitrogens is 3. The van der Waals surface area contributed by atoms with Crippen LogP contribution in [-0.4, -0.2) is 44.4 Å². The monoisotopic (exact) mass is 417 g/mol. The molecule has 1 aliphatic carbocycles. The minimum absolute atomic E-state index is 0.296. The number of aliphatic imine (C=N–C) groups is 1. The molecule has 0 bridgehead atoms. The van der Waals surface area contributed by atoms with Gasteiger partial charge in [0.1, 0.15) is 11.0 Å². The van der Waals surface area contributed by atoms with Crippen LogP contribution in [0.25, 0.3) is 0 Å². The Labute approximate surface area is 174 Å². The van der Waals surface area contributed by atoms with E-state index in [9.17, 15) is 0 Å². The lowest BCUT2D eigenvalue weighted by molar-refractivity contribution is 0.274. The lowest BCUT2D eigenvalue weighted by Gasteiger charge is -2.16. The van der Waals surface area contributed by atoms with Gasteiger partial charge in [0.25, 0.3) is 0 Å². The van der Waals surface area contributed by atoms with Gasteiger partial charge in [-0.25, -0.2) is 0 Å². The zero-order chi connectivity index (χ0) is 19.7. The van der Waals surface area contributed by atoms with E-state index in [1.54, 1.807) is 11.8 Å². The highest BCUT2D eigenvalue weighted by Gasteiger charge is 2.40. The Balaban J connectivity index is 1.35. The van der Waals surface area contributed by atoms with Crippen molar-refractivity contribution in [2.24, 2.45) is 10.9 Å². The summed E-state index contributed by atoms with van der Waals surface area (Å²) in [6, 6.07) is 6.65. The van der Waals surface area contributed by atoms with E-state index in [0.717, 1.165) is 35.1 Å². The summed E-state index contributed by atoms with van der Waals surface area (Å²) >= 11 is 8.11. The third kappa shape index (κ3) is 4.41. The van der Waals surface area contributed by atoms with Crippen LogP contribution in [0.4, 0.5) is 5.82 Å². The zero-order valence-corrected chi connectivity index (χ0v) is 17.8. The van der Waals surface area contributed by atoms with Crippen molar-refractivity contribution in [1.29, 1.82) is 0 Å². The summed E-state index contributed by atoms with van der Waals surface area (Å²) in [4.78, 5) is 17.8. The average molecular weight is 418 g/mol. The van der Waals surface area contributed by atoms with Crippen LogP contribution in [0.3, 0.4) is 0 Å². The van der Waals surface area contributed by atoms with Crippen molar-refractivity contribution in [2.75, 3.05) is 18.5 Å². The number of nitrogens with one attached hydrogen (secondary N) is 1. The summed E-state index contributed by atoms with van der Waals surface area (Å²) < 4.78 is 5.87. The molecule has 4 rings (SSSR count). The Morgan fingerprint density at radius 3 is 2.86 bits per heavy atom. The van der Waals surface area contributed by atoms with Gasteiger partial charge in [-0.1, -0.05) is 17.7 Å². The molecule has 8 heteroatoms. The Kier molecular flexibility index (Phi) is 5.73. The molecule has 1 N–H and O–H groups in total. The molecule has 2 aromatic rings.